The number of tetrazole rings is 1. The standard InChI is InChI=1S/C9H8N4O2S/c14-8(15)7-3-1-2-6(4-7)5-16-9-10-12-13-11-9/h1-4H,5H2,(H,14,15)(H,10,11,12,13). The molecule has 1 aromatic heterocycles. The maximum absolute atomic E-state index is 10.7. The van der Waals surface area contributed by atoms with Crippen molar-refractivity contribution in [3.8, 4) is 0 Å². The van der Waals surface area contributed by atoms with E-state index >= 15 is 0 Å². The molecule has 0 aliphatic rings. The Bertz CT molecular complexity index is 486. The first-order valence-electron chi connectivity index (χ1n) is 4.44. The number of nitrogens with one attached hydrogen (secondary N) is 1. The first-order valence-corrected chi connectivity index (χ1v) is 5.43. The predicted molar refractivity (Wildman–Crippen MR) is 57.1 cm³/mol. The average Bonchev–Trinajstić information content (AvgIpc) is 2.79. The molecule has 0 unspecified atom stereocenters. The van der Waals surface area contributed by atoms with Crippen molar-refractivity contribution in [2.24, 2.45) is 0 Å². The Morgan fingerprint density at radius 2 is 2.38 bits per heavy atom. The number of rotatable bonds is 4. The third-order valence-electron chi connectivity index (χ3n) is 1.87. The van der Waals surface area contributed by atoms with Crippen molar-refractivity contribution < 1.29 is 9.90 Å². The van der Waals surface area contributed by atoms with Gasteiger partial charge in [-0.3, -0.25) is 0 Å². The minimum Gasteiger partial charge on any atom is -0.478 e. The zero-order valence-corrected chi connectivity index (χ0v) is 8.94. The molecule has 16 heavy (non-hydrogen) atoms. The van der Waals surface area contributed by atoms with Crippen molar-refractivity contribution in [2.75, 3.05) is 0 Å². The number of nitrogens with zero attached hydrogens (tertiary/aromatic N) is 3. The van der Waals surface area contributed by atoms with Gasteiger partial charge >= 0.3 is 5.97 Å². The summed E-state index contributed by atoms with van der Waals surface area (Å²) in [6.45, 7) is 0. The summed E-state index contributed by atoms with van der Waals surface area (Å²) in [5.41, 5.74) is 1.20. The van der Waals surface area contributed by atoms with Gasteiger partial charge in [-0.25, -0.2) is 4.79 Å². The van der Waals surface area contributed by atoms with E-state index in [1.807, 2.05) is 6.07 Å². The van der Waals surface area contributed by atoms with Gasteiger partial charge in [-0.2, -0.15) is 5.21 Å². The van der Waals surface area contributed by atoms with Crippen LogP contribution in [0.1, 0.15) is 15.9 Å². The summed E-state index contributed by atoms with van der Waals surface area (Å²) in [6, 6.07) is 6.77. The van der Waals surface area contributed by atoms with Gasteiger partial charge in [0.2, 0.25) is 5.16 Å². The van der Waals surface area contributed by atoms with E-state index in [-0.39, 0.29) is 5.56 Å². The van der Waals surface area contributed by atoms with Gasteiger partial charge in [0.1, 0.15) is 0 Å². The van der Waals surface area contributed by atoms with E-state index in [1.165, 1.54) is 11.8 Å². The summed E-state index contributed by atoms with van der Waals surface area (Å²) in [4.78, 5) is 10.7. The molecule has 0 fully saturated rings. The number of carboxylic acids is 1. The van der Waals surface area contributed by atoms with E-state index in [0.29, 0.717) is 10.9 Å². The summed E-state index contributed by atoms with van der Waals surface area (Å²) in [6.07, 6.45) is 0. The van der Waals surface area contributed by atoms with Crippen LogP contribution >= 0.6 is 11.8 Å². The Morgan fingerprint density at radius 3 is 3.06 bits per heavy atom. The molecule has 2 aromatic rings. The molecule has 0 saturated heterocycles. The van der Waals surface area contributed by atoms with Crippen molar-refractivity contribution in [2.45, 2.75) is 10.9 Å². The van der Waals surface area contributed by atoms with Crippen LogP contribution in [-0.2, 0) is 5.75 Å². The Balaban J connectivity index is 2.04. The van der Waals surface area contributed by atoms with Gasteiger partial charge in [-0.1, -0.05) is 23.9 Å². The monoisotopic (exact) mass is 236 g/mol. The highest BCUT2D eigenvalue weighted by atomic mass is 32.2. The molecule has 0 radical (unpaired) electrons. The molecule has 1 aromatic carbocycles. The van der Waals surface area contributed by atoms with Gasteiger partial charge in [0.05, 0.1) is 5.56 Å². The maximum Gasteiger partial charge on any atom is 0.335 e. The van der Waals surface area contributed by atoms with Gasteiger partial charge in [-0.05, 0) is 22.9 Å². The molecule has 2 rings (SSSR count). The molecule has 0 atom stereocenters. The molecule has 0 aliphatic carbocycles. The first kappa shape index (κ1) is 10.6. The van der Waals surface area contributed by atoms with Crippen LogP contribution in [0.25, 0.3) is 0 Å². The van der Waals surface area contributed by atoms with Crippen LogP contribution in [0.2, 0.25) is 0 Å². The molecule has 2 N–H and O–H groups in total. The molecular formula is C9H8N4O2S. The van der Waals surface area contributed by atoms with Crippen molar-refractivity contribution >= 4 is 17.7 Å². The van der Waals surface area contributed by atoms with Crippen molar-refractivity contribution in [1.82, 2.24) is 20.6 Å². The van der Waals surface area contributed by atoms with Gasteiger partial charge < -0.3 is 5.11 Å². The predicted octanol–water partition coefficient (Wildman–Crippen LogP) is 1.19. The lowest BCUT2D eigenvalue weighted by molar-refractivity contribution is 0.0697. The molecule has 0 saturated carbocycles. The maximum atomic E-state index is 10.7. The number of benzene rings is 1. The quantitative estimate of drug-likeness (QED) is 0.775. The highest BCUT2D eigenvalue weighted by molar-refractivity contribution is 7.98. The number of H-pyrrole nitrogens is 1. The Kier molecular flexibility index (Phi) is 3.16. The minimum absolute atomic E-state index is 0.284. The molecule has 0 amide bonds. The number of carbonyl (C=O) groups is 1. The topological polar surface area (TPSA) is 91.8 Å². The van der Waals surface area contributed by atoms with Crippen molar-refractivity contribution in [1.29, 1.82) is 0 Å². The molecule has 7 heteroatoms. The number of thioether (sulfide) groups is 1. The smallest absolute Gasteiger partial charge is 0.335 e. The number of aromatic carboxylic acids is 1. The normalized spacial score (nSPS) is 10.2. The molecule has 0 spiro atoms. The van der Waals surface area contributed by atoms with Crippen LogP contribution in [0, 0.1) is 0 Å². The second kappa shape index (κ2) is 4.75. The molecule has 0 bridgehead atoms. The lowest BCUT2D eigenvalue weighted by Gasteiger charge is -1.99. The van der Waals surface area contributed by atoms with E-state index in [9.17, 15) is 4.79 Å². The van der Waals surface area contributed by atoms with E-state index < -0.39 is 5.97 Å². The fraction of sp³-hybridized carbons (Fsp3) is 0.111. The highest BCUT2D eigenvalue weighted by Crippen LogP contribution is 2.18. The van der Waals surface area contributed by atoms with E-state index in [0.717, 1.165) is 5.56 Å². The van der Waals surface area contributed by atoms with E-state index in [2.05, 4.69) is 20.6 Å². The van der Waals surface area contributed by atoms with Crippen LogP contribution in [0.5, 0.6) is 0 Å². The minimum atomic E-state index is -0.925. The fourth-order valence-corrected chi connectivity index (χ4v) is 1.84. The molecule has 82 valence electrons. The van der Waals surface area contributed by atoms with Crippen molar-refractivity contribution in [3.05, 3.63) is 35.4 Å². The van der Waals surface area contributed by atoms with Gasteiger partial charge in [0.25, 0.3) is 0 Å². The molecule has 6 nitrogen and oxygen atoms in total. The lowest BCUT2D eigenvalue weighted by atomic mass is 10.1. The average molecular weight is 236 g/mol. The third-order valence-corrected chi connectivity index (χ3v) is 2.78. The number of aromatic nitrogens is 4. The molecule has 0 aliphatic heterocycles. The summed E-state index contributed by atoms with van der Waals surface area (Å²) < 4.78 is 0. The fourth-order valence-electron chi connectivity index (χ4n) is 1.16. The van der Waals surface area contributed by atoms with Crippen LogP contribution in [0.4, 0.5) is 0 Å². The highest BCUT2D eigenvalue weighted by Gasteiger charge is 2.04. The summed E-state index contributed by atoms with van der Waals surface area (Å²) in [5.74, 6) is -0.313. The first-order chi connectivity index (χ1) is 7.75. The van der Waals surface area contributed by atoms with E-state index in [4.69, 9.17) is 5.11 Å². The second-order valence-electron chi connectivity index (χ2n) is 2.99. The van der Waals surface area contributed by atoms with Gasteiger partial charge in [-0.15, -0.1) is 10.2 Å². The zero-order valence-electron chi connectivity index (χ0n) is 8.12. The summed E-state index contributed by atoms with van der Waals surface area (Å²) in [7, 11) is 0. The van der Waals surface area contributed by atoms with E-state index in [1.54, 1.807) is 18.2 Å². The Labute approximate surface area is 95.1 Å². The van der Waals surface area contributed by atoms with Crippen LogP contribution in [0.3, 0.4) is 0 Å². The summed E-state index contributed by atoms with van der Waals surface area (Å²) in [5, 5.41) is 22.7. The van der Waals surface area contributed by atoms with Crippen LogP contribution < -0.4 is 0 Å². The van der Waals surface area contributed by atoms with Gasteiger partial charge in [0.15, 0.2) is 0 Å². The number of hydrogen-bond acceptors (Lipinski definition) is 5. The molecular weight excluding hydrogens is 228 g/mol. The molecule has 1 heterocycles. The number of carboxylic acid groups (broad SMARTS) is 1. The Morgan fingerprint density at radius 1 is 1.50 bits per heavy atom. The Hall–Kier alpha value is -1.89. The van der Waals surface area contributed by atoms with Crippen LogP contribution in [0.15, 0.2) is 29.4 Å². The largest absolute Gasteiger partial charge is 0.478 e. The van der Waals surface area contributed by atoms with Gasteiger partial charge in [0, 0.05) is 5.75 Å². The number of hydrogen-bond donors (Lipinski definition) is 2. The van der Waals surface area contributed by atoms with Crippen LogP contribution in [-0.4, -0.2) is 31.7 Å². The second-order valence-corrected chi connectivity index (χ2v) is 3.93. The van der Waals surface area contributed by atoms with Crippen molar-refractivity contribution in [3.63, 3.8) is 0 Å². The number of aromatic amines is 1. The zero-order chi connectivity index (χ0) is 11.4. The summed E-state index contributed by atoms with van der Waals surface area (Å²) >= 11 is 1.39. The lowest BCUT2D eigenvalue weighted by Crippen LogP contribution is -1.96. The SMILES string of the molecule is O=C(O)c1cccc(CSc2nn[nH]n2)c1. The third kappa shape index (κ3) is 2.57.